The Labute approximate surface area is 108 Å². The Morgan fingerprint density at radius 1 is 1.44 bits per heavy atom. The number of anilines is 1. The van der Waals surface area contributed by atoms with Crippen molar-refractivity contribution in [1.82, 2.24) is 0 Å². The van der Waals surface area contributed by atoms with E-state index in [1.54, 1.807) is 6.07 Å². The molecule has 0 aromatic heterocycles. The second kappa shape index (κ2) is 4.86. The maximum Gasteiger partial charge on any atom is 0.130 e. The van der Waals surface area contributed by atoms with Crippen molar-refractivity contribution < 1.29 is 9.13 Å². The molecule has 1 aromatic rings. The number of rotatable bonds is 2. The van der Waals surface area contributed by atoms with Crippen LogP contribution in [0.4, 0.5) is 10.1 Å². The summed E-state index contributed by atoms with van der Waals surface area (Å²) >= 11 is 0. The topological polar surface area (TPSA) is 38.5 Å². The van der Waals surface area contributed by atoms with Crippen molar-refractivity contribution in [1.29, 1.82) is 0 Å². The number of nitrogens with zero attached hydrogens (tertiary/aromatic N) is 1. The van der Waals surface area contributed by atoms with Gasteiger partial charge in [-0.25, -0.2) is 4.39 Å². The highest BCUT2D eigenvalue weighted by Crippen LogP contribution is 2.33. The first-order valence-corrected chi connectivity index (χ1v) is 6.33. The zero-order valence-electron chi connectivity index (χ0n) is 11.2. The zero-order valence-corrected chi connectivity index (χ0v) is 11.2. The van der Waals surface area contributed by atoms with Crippen LogP contribution in [0.1, 0.15) is 32.4 Å². The highest BCUT2D eigenvalue weighted by atomic mass is 19.1. The SMILES string of the molecule is CC(N)c1c(F)cccc1N1CCOCC1(C)C. The number of halogens is 1. The molecule has 0 spiro atoms. The predicted molar refractivity (Wildman–Crippen MR) is 71.2 cm³/mol. The molecule has 0 aliphatic carbocycles. The average Bonchev–Trinajstić information content (AvgIpc) is 2.27. The normalized spacial score (nSPS) is 20.8. The van der Waals surface area contributed by atoms with Gasteiger partial charge in [-0.2, -0.15) is 0 Å². The van der Waals surface area contributed by atoms with E-state index in [0.29, 0.717) is 18.8 Å². The van der Waals surface area contributed by atoms with Crippen molar-refractivity contribution in [2.75, 3.05) is 24.7 Å². The van der Waals surface area contributed by atoms with Crippen LogP contribution in [0.25, 0.3) is 0 Å². The summed E-state index contributed by atoms with van der Waals surface area (Å²) in [5, 5.41) is 0. The van der Waals surface area contributed by atoms with Gasteiger partial charge in [0.2, 0.25) is 0 Å². The number of ether oxygens (including phenoxy) is 1. The van der Waals surface area contributed by atoms with Gasteiger partial charge >= 0.3 is 0 Å². The smallest absolute Gasteiger partial charge is 0.130 e. The lowest BCUT2D eigenvalue weighted by Crippen LogP contribution is -2.53. The number of nitrogens with two attached hydrogens (primary N) is 1. The Morgan fingerprint density at radius 2 is 2.17 bits per heavy atom. The third-order valence-electron chi connectivity index (χ3n) is 3.42. The highest BCUT2D eigenvalue weighted by Gasteiger charge is 2.32. The van der Waals surface area contributed by atoms with E-state index in [1.807, 2.05) is 13.0 Å². The quantitative estimate of drug-likeness (QED) is 0.878. The lowest BCUT2D eigenvalue weighted by Gasteiger charge is -2.45. The van der Waals surface area contributed by atoms with Crippen LogP contribution in [0, 0.1) is 5.82 Å². The molecule has 2 rings (SSSR count). The summed E-state index contributed by atoms with van der Waals surface area (Å²) in [6.07, 6.45) is 0. The predicted octanol–water partition coefficient (Wildman–Crippen LogP) is 2.46. The van der Waals surface area contributed by atoms with Gasteiger partial charge in [0, 0.05) is 23.8 Å². The second-order valence-electron chi connectivity index (χ2n) is 5.48. The second-order valence-corrected chi connectivity index (χ2v) is 5.48. The van der Waals surface area contributed by atoms with Crippen molar-refractivity contribution >= 4 is 5.69 Å². The van der Waals surface area contributed by atoms with Gasteiger partial charge in [-0.05, 0) is 32.9 Å². The molecule has 0 radical (unpaired) electrons. The number of morpholine rings is 1. The van der Waals surface area contributed by atoms with Crippen LogP contribution in [-0.4, -0.2) is 25.3 Å². The molecule has 0 saturated carbocycles. The maximum absolute atomic E-state index is 14.0. The fourth-order valence-corrected chi connectivity index (χ4v) is 2.52. The molecule has 4 heteroatoms. The monoisotopic (exact) mass is 252 g/mol. The van der Waals surface area contributed by atoms with Crippen LogP contribution in [0.5, 0.6) is 0 Å². The lowest BCUT2D eigenvalue weighted by atomic mass is 9.97. The molecule has 100 valence electrons. The molecule has 0 bridgehead atoms. The van der Waals surface area contributed by atoms with Gasteiger partial charge in [0.05, 0.1) is 18.8 Å². The van der Waals surface area contributed by atoms with Gasteiger partial charge in [-0.15, -0.1) is 0 Å². The first-order chi connectivity index (χ1) is 8.43. The Morgan fingerprint density at radius 3 is 2.78 bits per heavy atom. The summed E-state index contributed by atoms with van der Waals surface area (Å²) in [5.41, 5.74) is 7.25. The van der Waals surface area contributed by atoms with Crippen molar-refractivity contribution in [3.63, 3.8) is 0 Å². The van der Waals surface area contributed by atoms with Crippen molar-refractivity contribution in [3.8, 4) is 0 Å². The lowest BCUT2D eigenvalue weighted by molar-refractivity contribution is 0.0642. The summed E-state index contributed by atoms with van der Waals surface area (Å²) in [5.74, 6) is -0.232. The first-order valence-electron chi connectivity index (χ1n) is 6.33. The van der Waals surface area contributed by atoms with Crippen molar-refractivity contribution in [3.05, 3.63) is 29.6 Å². The minimum Gasteiger partial charge on any atom is -0.377 e. The molecule has 1 aliphatic rings. The van der Waals surface area contributed by atoms with E-state index in [4.69, 9.17) is 10.5 Å². The van der Waals surface area contributed by atoms with Gasteiger partial charge in [-0.1, -0.05) is 6.07 Å². The number of hydrogen-bond donors (Lipinski definition) is 1. The molecule has 18 heavy (non-hydrogen) atoms. The molecule has 3 nitrogen and oxygen atoms in total. The molecule has 1 saturated heterocycles. The molecule has 2 N–H and O–H groups in total. The molecule has 1 unspecified atom stereocenters. The molecule has 1 fully saturated rings. The minimum absolute atomic E-state index is 0.143. The average molecular weight is 252 g/mol. The van der Waals surface area contributed by atoms with Crippen LogP contribution in [-0.2, 0) is 4.74 Å². The van der Waals surface area contributed by atoms with Crippen molar-refractivity contribution in [2.24, 2.45) is 5.73 Å². The molecular formula is C14H21FN2O. The molecule has 0 amide bonds. The van der Waals surface area contributed by atoms with Crippen LogP contribution in [0.2, 0.25) is 0 Å². The van der Waals surface area contributed by atoms with E-state index in [9.17, 15) is 4.39 Å². The van der Waals surface area contributed by atoms with Crippen molar-refractivity contribution in [2.45, 2.75) is 32.4 Å². The van der Waals surface area contributed by atoms with Gasteiger partial charge < -0.3 is 15.4 Å². The molecular weight excluding hydrogens is 231 g/mol. The van der Waals surface area contributed by atoms with E-state index >= 15 is 0 Å². The van der Waals surface area contributed by atoms with Gasteiger partial charge in [0.1, 0.15) is 5.82 Å². The van der Waals surface area contributed by atoms with E-state index < -0.39 is 0 Å². The van der Waals surface area contributed by atoms with Crippen LogP contribution >= 0.6 is 0 Å². The summed E-state index contributed by atoms with van der Waals surface area (Å²) in [7, 11) is 0. The van der Waals surface area contributed by atoms with E-state index in [2.05, 4.69) is 18.7 Å². The summed E-state index contributed by atoms with van der Waals surface area (Å²) in [4.78, 5) is 2.19. The van der Waals surface area contributed by atoms with E-state index in [1.165, 1.54) is 6.07 Å². The third-order valence-corrected chi connectivity index (χ3v) is 3.42. The third kappa shape index (κ3) is 2.35. The zero-order chi connectivity index (χ0) is 13.3. The number of benzene rings is 1. The van der Waals surface area contributed by atoms with Crippen LogP contribution in [0.15, 0.2) is 18.2 Å². The highest BCUT2D eigenvalue weighted by molar-refractivity contribution is 5.57. The van der Waals surface area contributed by atoms with Crippen LogP contribution in [0.3, 0.4) is 0 Å². The fraction of sp³-hybridized carbons (Fsp3) is 0.571. The Hall–Kier alpha value is -1.13. The van der Waals surface area contributed by atoms with Gasteiger partial charge in [0.15, 0.2) is 0 Å². The summed E-state index contributed by atoms with van der Waals surface area (Å²) in [6, 6.07) is 4.83. The Balaban J connectivity index is 2.47. The Bertz CT molecular complexity index is 432. The largest absolute Gasteiger partial charge is 0.377 e. The summed E-state index contributed by atoms with van der Waals surface area (Å²) < 4.78 is 19.5. The van der Waals surface area contributed by atoms with E-state index in [0.717, 1.165) is 12.2 Å². The fourth-order valence-electron chi connectivity index (χ4n) is 2.52. The van der Waals surface area contributed by atoms with Gasteiger partial charge in [-0.3, -0.25) is 0 Å². The Kier molecular flexibility index (Phi) is 3.59. The molecule has 1 heterocycles. The summed E-state index contributed by atoms with van der Waals surface area (Å²) in [6.45, 7) is 8.08. The number of hydrogen-bond acceptors (Lipinski definition) is 3. The van der Waals surface area contributed by atoms with Gasteiger partial charge in [0.25, 0.3) is 0 Å². The molecule has 1 aromatic carbocycles. The molecule has 1 aliphatic heterocycles. The minimum atomic E-state index is -0.320. The van der Waals surface area contributed by atoms with E-state index in [-0.39, 0.29) is 17.4 Å². The first kappa shape index (κ1) is 13.3. The standard InChI is InChI=1S/C14H21FN2O/c1-10(16)13-11(15)5-4-6-12(13)17-7-8-18-9-14(17,2)3/h4-6,10H,7-9,16H2,1-3H3. The molecule has 1 atom stereocenters. The van der Waals surface area contributed by atoms with Crippen LogP contribution < -0.4 is 10.6 Å². The maximum atomic E-state index is 14.0.